The van der Waals surface area contributed by atoms with E-state index in [2.05, 4.69) is 33.9 Å². The van der Waals surface area contributed by atoms with Crippen molar-refractivity contribution in [2.24, 2.45) is 5.92 Å². The number of aromatic nitrogens is 3. The summed E-state index contributed by atoms with van der Waals surface area (Å²) >= 11 is 0. The van der Waals surface area contributed by atoms with Crippen LogP contribution in [0.1, 0.15) is 38.3 Å². The van der Waals surface area contributed by atoms with E-state index >= 15 is 0 Å². The van der Waals surface area contributed by atoms with Gasteiger partial charge in [-0.2, -0.15) is 0 Å². The fourth-order valence-electron chi connectivity index (χ4n) is 2.39. The van der Waals surface area contributed by atoms with E-state index in [9.17, 15) is 0 Å². The van der Waals surface area contributed by atoms with Gasteiger partial charge in [0.2, 0.25) is 0 Å². The van der Waals surface area contributed by atoms with Crippen LogP contribution in [-0.2, 0) is 24.2 Å². The lowest BCUT2D eigenvalue weighted by atomic mass is 10.1. The van der Waals surface area contributed by atoms with Gasteiger partial charge in [-0.05, 0) is 18.8 Å². The maximum atomic E-state index is 5.24. The molecular formula is C13H24N4O. The molecule has 1 aliphatic heterocycles. The first-order valence-corrected chi connectivity index (χ1v) is 6.85. The zero-order valence-corrected chi connectivity index (χ0v) is 11.6. The summed E-state index contributed by atoms with van der Waals surface area (Å²) in [6.45, 7) is 6.99. The van der Waals surface area contributed by atoms with Gasteiger partial charge in [0, 0.05) is 26.1 Å². The summed E-state index contributed by atoms with van der Waals surface area (Å²) in [5.41, 5.74) is 0. The van der Waals surface area contributed by atoms with Crippen molar-refractivity contribution >= 4 is 0 Å². The van der Waals surface area contributed by atoms with Gasteiger partial charge in [-0.15, -0.1) is 10.2 Å². The van der Waals surface area contributed by atoms with Crippen LogP contribution in [0.3, 0.4) is 0 Å². The van der Waals surface area contributed by atoms with Crippen LogP contribution in [0, 0.1) is 5.92 Å². The first kappa shape index (κ1) is 13.5. The van der Waals surface area contributed by atoms with E-state index in [0.29, 0.717) is 12.0 Å². The minimum atomic E-state index is 0.367. The Morgan fingerprint density at radius 3 is 2.89 bits per heavy atom. The summed E-state index contributed by atoms with van der Waals surface area (Å²) in [5.74, 6) is 2.76. The van der Waals surface area contributed by atoms with Crippen molar-refractivity contribution in [2.45, 2.75) is 52.2 Å². The molecule has 0 bridgehead atoms. The molecule has 5 heteroatoms. The molecule has 0 aliphatic carbocycles. The molecule has 0 radical (unpaired) electrons. The largest absolute Gasteiger partial charge is 0.383 e. The highest BCUT2D eigenvalue weighted by Crippen LogP contribution is 2.14. The second-order valence-electron chi connectivity index (χ2n) is 5.33. The fraction of sp³-hybridized carbons (Fsp3) is 0.846. The first-order valence-electron chi connectivity index (χ1n) is 6.85. The molecule has 1 aromatic rings. The molecule has 102 valence electrons. The normalized spacial score (nSPS) is 16.9. The van der Waals surface area contributed by atoms with E-state index in [-0.39, 0.29) is 0 Å². The Morgan fingerprint density at radius 1 is 1.33 bits per heavy atom. The van der Waals surface area contributed by atoms with E-state index in [4.69, 9.17) is 4.74 Å². The molecule has 0 fully saturated rings. The Morgan fingerprint density at radius 2 is 2.17 bits per heavy atom. The van der Waals surface area contributed by atoms with Crippen molar-refractivity contribution in [2.75, 3.05) is 13.7 Å². The van der Waals surface area contributed by atoms with Gasteiger partial charge in [-0.3, -0.25) is 0 Å². The molecule has 1 aromatic heterocycles. The summed E-state index contributed by atoms with van der Waals surface area (Å²) in [4.78, 5) is 0. The van der Waals surface area contributed by atoms with Crippen molar-refractivity contribution in [1.82, 2.24) is 20.1 Å². The number of methoxy groups -OCH3 is 1. The lowest BCUT2D eigenvalue weighted by Crippen LogP contribution is -2.38. The van der Waals surface area contributed by atoms with Crippen LogP contribution in [-0.4, -0.2) is 34.5 Å². The van der Waals surface area contributed by atoms with E-state index in [1.807, 2.05) is 0 Å². The molecule has 5 nitrogen and oxygen atoms in total. The van der Waals surface area contributed by atoms with Crippen LogP contribution >= 0.6 is 0 Å². The summed E-state index contributed by atoms with van der Waals surface area (Å²) in [5, 5.41) is 12.1. The van der Waals surface area contributed by atoms with Crippen molar-refractivity contribution in [3.05, 3.63) is 11.6 Å². The predicted molar refractivity (Wildman–Crippen MR) is 70.3 cm³/mol. The summed E-state index contributed by atoms with van der Waals surface area (Å²) in [6.07, 6.45) is 3.55. The van der Waals surface area contributed by atoms with Crippen LogP contribution in [0.15, 0.2) is 0 Å². The van der Waals surface area contributed by atoms with E-state index in [0.717, 1.165) is 37.8 Å². The molecule has 2 heterocycles. The quantitative estimate of drug-likeness (QED) is 0.831. The Hall–Kier alpha value is -0.940. The van der Waals surface area contributed by atoms with Crippen LogP contribution < -0.4 is 5.32 Å². The topological polar surface area (TPSA) is 52.0 Å². The SMILES string of the molecule is COCC(NCc1nnc2n1CCCC2)C(C)C. The molecular weight excluding hydrogens is 228 g/mol. The van der Waals surface area contributed by atoms with E-state index < -0.39 is 0 Å². The van der Waals surface area contributed by atoms with E-state index in [1.165, 1.54) is 12.8 Å². The lowest BCUT2D eigenvalue weighted by molar-refractivity contribution is 0.145. The second kappa shape index (κ2) is 6.29. The average molecular weight is 252 g/mol. The molecule has 1 unspecified atom stereocenters. The number of fused-ring (bicyclic) bond motifs is 1. The maximum Gasteiger partial charge on any atom is 0.147 e. The van der Waals surface area contributed by atoms with Crippen molar-refractivity contribution in [3.63, 3.8) is 0 Å². The molecule has 1 atom stereocenters. The standard InChI is InChI=1S/C13H24N4O/c1-10(2)11(9-18-3)14-8-13-16-15-12-6-4-5-7-17(12)13/h10-11,14H,4-9H2,1-3H3. The number of ether oxygens (including phenoxy) is 1. The summed E-state index contributed by atoms with van der Waals surface area (Å²) in [7, 11) is 1.75. The molecule has 18 heavy (non-hydrogen) atoms. The third-order valence-electron chi connectivity index (χ3n) is 3.61. The molecule has 0 amide bonds. The number of nitrogens with zero attached hydrogens (tertiary/aromatic N) is 3. The molecule has 1 aliphatic rings. The number of rotatable bonds is 6. The van der Waals surface area contributed by atoms with Crippen LogP contribution in [0.4, 0.5) is 0 Å². The van der Waals surface area contributed by atoms with Crippen LogP contribution in [0.2, 0.25) is 0 Å². The fourth-order valence-corrected chi connectivity index (χ4v) is 2.39. The molecule has 0 spiro atoms. The molecule has 2 rings (SSSR count). The van der Waals surface area contributed by atoms with Crippen LogP contribution in [0.25, 0.3) is 0 Å². The third kappa shape index (κ3) is 3.09. The Kier molecular flexibility index (Phi) is 4.72. The Bertz CT molecular complexity index is 375. The molecule has 1 N–H and O–H groups in total. The highest BCUT2D eigenvalue weighted by Gasteiger charge is 2.18. The molecule has 0 saturated heterocycles. The second-order valence-corrected chi connectivity index (χ2v) is 5.33. The maximum absolute atomic E-state index is 5.24. The average Bonchev–Trinajstić information content (AvgIpc) is 2.77. The van der Waals surface area contributed by atoms with Gasteiger partial charge in [0.1, 0.15) is 11.6 Å². The van der Waals surface area contributed by atoms with Gasteiger partial charge >= 0.3 is 0 Å². The smallest absolute Gasteiger partial charge is 0.147 e. The minimum absolute atomic E-state index is 0.367. The lowest BCUT2D eigenvalue weighted by Gasteiger charge is -2.22. The predicted octanol–water partition coefficient (Wildman–Crippen LogP) is 1.37. The molecule has 0 saturated carbocycles. The number of hydrogen-bond donors (Lipinski definition) is 1. The number of aryl methyl sites for hydroxylation is 1. The number of hydrogen-bond acceptors (Lipinski definition) is 4. The van der Waals surface area contributed by atoms with Gasteiger partial charge in [-0.1, -0.05) is 13.8 Å². The Balaban J connectivity index is 1.95. The van der Waals surface area contributed by atoms with Gasteiger partial charge in [0.05, 0.1) is 13.2 Å². The van der Waals surface area contributed by atoms with Crippen molar-refractivity contribution in [1.29, 1.82) is 0 Å². The van der Waals surface area contributed by atoms with Gasteiger partial charge in [-0.25, -0.2) is 0 Å². The van der Waals surface area contributed by atoms with Crippen molar-refractivity contribution < 1.29 is 4.74 Å². The van der Waals surface area contributed by atoms with Gasteiger partial charge in [0.25, 0.3) is 0 Å². The van der Waals surface area contributed by atoms with E-state index in [1.54, 1.807) is 7.11 Å². The summed E-state index contributed by atoms with van der Waals surface area (Å²) in [6, 6.07) is 0.367. The highest BCUT2D eigenvalue weighted by molar-refractivity contribution is 4.98. The highest BCUT2D eigenvalue weighted by atomic mass is 16.5. The first-order chi connectivity index (χ1) is 8.72. The Labute approximate surface area is 109 Å². The van der Waals surface area contributed by atoms with Crippen molar-refractivity contribution in [3.8, 4) is 0 Å². The molecule has 0 aromatic carbocycles. The zero-order valence-electron chi connectivity index (χ0n) is 11.6. The zero-order chi connectivity index (χ0) is 13.0. The van der Waals surface area contributed by atoms with Crippen LogP contribution in [0.5, 0.6) is 0 Å². The van der Waals surface area contributed by atoms with Gasteiger partial charge < -0.3 is 14.6 Å². The third-order valence-corrected chi connectivity index (χ3v) is 3.61. The summed E-state index contributed by atoms with van der Waals surface area (Å²) < 4.78 is 7.51. The monoisotopic (exact) mass is 252 g/mol. The van der Waals surface area contributed by atoms with Gasteiger partial charge in [0.15, 0.2) is 0 Å². The number of nitrogens with one attached hydrogen (secondary N) is 1. The minimum Gasteiger partial charge on any atom is -0.383 e.